The Balaban J connectivity index is 1.09. The molecule has 0 heterocycles. The van der Waals surface area contributed by atoms with Crippen LogP contribution < -0.4 is 16.4 Å². The minimum absolute atomic E-state index is 0.0728. The molecule has 0 spiro atoms. The highest BCUT2D eigenvalue weighted by atomic mass is 16.2. The van der Waals surface area contributed by atoms with Gasteiger partial charge in [0.1, 0.15) is 0 Å². The molecule has 0 radical (unpaired) electrons. The van der Waals surface area contributed by atoms with Gasteiger partial charge in [0.25, 0.3) is 0 Å². The summed E-state index contributed by atoms with van der Waals surface area (Å²) < 4.78 is 0. The number of nitrogens with two attached hydrogens (primary N) is 1. The van der Waals surface area contributed by atoms with Crippen molar-refractivity contribution in [1.82, 2.24) is 10.6 Å². The molecule has 4 heteroatoms. The summed E-state index contributed by atoms with van der Waals surface area (Å²) in [6, 6.07) is 29.4. The molecular weight excluding hydrogens is 394 g/mol. The van der Waals surface area contributed by atoms with Crippen LogP contribution in [0.5, 0.6) is 0 Å². The average molecular weight is 428 g/mol. The Kier molecular flexibility index (Phi) is 7.70. The zero-order valence-corrected chi connectivity index (χ0v) is 18.5. The van der Waals surface area contributed by atoms with Crippen molar-refractivity contribution in [3.8, 4) is 11.1 Å². The van der Waals surface area contributed by atoms with E-state index in [-0.39, 0.29) is 5.91 Å². The van der Waals surface area contributed by atoms with Crippen molar-refractivity contribution in [3.05, 3.63) is 96.1 Å². The van der Waals surface area contributed by atoms with Gasteiger partial charge in [-0.2, -0.15) is 0 Å². The molecule has 3 unspecified atom stereocenters. The monoisotopic (exact) mass is 427 g/mol. The van der Waals surface area contributed by atoms with Gasteiger partial charge in [0.2, 0.25) is 5.91 Å². The normalized spacial score (nSPS) is 18.2. The second kappa shape index (κ2) is 11.1. The summed E-state index contributed by atoms with van der Waals surface area (Å²) in [7, 11) is 0. The van der Waals surface area contributed by atoms with Gasteiger partial charge < -0.3 is 16.4 Å². The number of carbonyl (C=O) groups is 1. The highest BCUT2D eigenvalue weighted by Gasteiger charge is 2.37. The molecule has 4 N–H and O–H groups in total. The Morgan fingerprint density at radius 3 is 2.25 bits per heavy atom. The summed E-state index contributed by atoms with van der Waals surface area (Å²) in [4.78, 5) is 12.3. The molecule has 166 valence electrons. The molecular formula is C28H33N3O. The number of amides is 1. The SMILES string of the molecule is NC(CCCCNC1CC1c1ccccc1)C(=O)NCc1ccc(-c2ccccc2)cc1. The number of benzene rings is 3. The fourth-order valence-electron chi connectivity index (χ4n) is 4.16. The van der Waals surface area contributed by atoms with Crippen LogP contribution in [-0.4, -0.2) is 24.5 Å². The predicted octanol–water partition coefficient (Wildman–Crippen LogP) is 4.61. The van der Waals surface area contributed by atoms with Crippen LogP contribution in [0.4, 0.5) is 0 Å². The van der Waals surface area contributed by atoms with Crippen molar-refractivity contribution in [1.29, 1.82) is 0 Å². The van der Waals surface area contributed by atoms with Crippen LogP contribution in [0.2, 0.25) is 0 Å². The standard InChI is InChI=1S/C28H33N3O/c29-26(13-7-8-18-30-27-19-25(27)24-11-5-2-6-12-24)28(32)31-20-21-14-16-23(17-15-21)22-9-3-1-4-10-22/h1-6,9-12,14-17,25-27,30H,7-8,13,18-20,29H2,(H,31,32). The molecule has 4 rings (SSSR count). The van der Waals surface area contributed by atoms with E-state index >= 15 is 0 Å². The van der Waals surface area contributed by atoms with Crippen molar-refractivity contribution in [2.45, 2.75) is 50.2 Å². The van der Waals surface area contributed by atoms with Crippen molar-refractivity contribution < 1.29 is 4.79 Å². The highest BCUT2D eigenvalue weighted by Crippen LogP contribution is 2.40. The van der Waals surface area contributed by atoms with Crippen LogP contribution in [0, 0.1) is 0 Å². The first kappa shape index (κ1) is 22.3. The molecule has 0 aromatic heterocycles. The largest absolute Gasteiger partial charge is 0.351 e. The minimum Gasteiger partial charge on any atom is -0.351 e. The van der Waals surface area contributed by atoms with Gasteiger partial charge in [-0.15, -0.1) is 0 Å². The molecule has 0 aliphatic heterocycles. The Hall–Kier alpha value is -2.95. The molecule has 3 atom stereocenters. The average Bonchev–Trinajstić information content (AvgIpc) is 3.63. The van der Waals surface area contributed by atoms with Gasteiger partial charge in [0, 0.05) is 18.5 Å². The lowest BCUT2D eigenvalue weighted by Gasteiger charge is -2.13. The number of hydrogen-bond donors (Lipinski definition) is 3. The molecule has 32 heavy (non-hydrogen) atoms. The second-order valence-corrected chi connectivity index (χ2v) is 8.70. The van der Waals surface area contributed by atoms with E-state index in [1.807, 2.05) is 18.2 Å². The van der Waals surface area contributed by atoms with E-state index in [1.165, 1.54) is 23.1 Å². The molecule has 1 aliphatic rings. The molecule has 0 saturated heterocycles. The van der Waals surface area contributed by atoms with E-state index in [9.17, 15) is 4.79 Å². The van der Waals surface area contributed by atoms with Crippen LogP contribution >= 0.6 is 0 Å². The second-order valence-electron chi connectivity index (χ2n) is 8.70. The molecule has 1 amide bonds. The lowest BCUT2D eigenvalue weighted by molar-refractivity contribution is -0.122. The molecule has 3 aromatic rings. The Bertz CT molecular complexity index is 973. The lowest BCUT2D eigenvalue weighted by Crippen LogP contribution is -2.40. The van der Waals surface area contributed by atoms with Gasteiger partial charge in [-0.25, -0.2) is 0 Å². The molecule has 1 saturated carbocycles. The summed E-state index contributed by atoms with van der Waals surface area (Å²) >= 11 is 0. The third kappa shape index (κ3) is 6.28. The quantitative estimate of drug-likeness (QED) is 0.391. The zero-order chi connectivity index (χ0) is 22.2. The summed E-state index contributed by atoms with van der Waals surface area (Å²) in [5.74, 6) is 0.586. The fourth-order valence-corrected chi connectivity index (χ4v) is 4.16. The number of nitrogens with one attached hydrogen (secondary N) is 2. The number of unbranched alkanes of at least 4 members (excludes halogenated alkanes) is 1. The summed E-state index contributed by atoms with van der Waals surface area (Å²) in [6.07, 6.45) is 3.93. The number of carbonyl (C=O) groups excluding carboxylic acids is 1. The summed E-state index contributed by atoms with van der Waals surface area (Å²) in [5, 5.41) is 6.60. The first-order valence-corrected chi connectivity index (χ1v) is 11.7. The zero-order valence-electron chi connectivity index (χ0n) is 18.5. The van der Waals surface area contributed by atoms with Crippen molar-refractivity contribution in [2.75, 3.05) is 6.54 Å². The van der Waals surface area contributed by atoms with E-state index in [0.717, 1.165) is 24.9 Å². The van der Waals surface area contributed by atoms with Crippen LogP contribution in [0.3, 0.4) is 0 Å². The maximum absolute atomic E-state index is 12.3. The van der Waals surface area contributed by atoms with Crippen molar-refractivity contribution >= 4 is 5.91 Å². The van der Waals surface area contributed by atoms with Gasteiger partial charge in [0.05, 0.1) is 6.04 Å². The van der Waals surface area contributed by atoms with Crippen LogP contribution in [0.15, 0.2) is 84.9 Å². The van der Waals surface area contributed by atoms with Crippen molar-refractivity contribution in [2.24, 2.45) is 5.73 Å². The number of rotatable bonds is 11. The Morgan fingerprint density at radius 1 is 0.875 bits per heavy atom. The Labute approximate surface area is 191 Å². The van der Waals surface area contributed by atoms with E-state index in [4.69, 9.17) is 5.73 Å². The highest BCUT2D eigenvalue weighted by molar-refractivity contribution is 5.81. The first-order valence-electron chi connectivity index (χ1n) is 11.7. The third-order valence-corrected chi connectivity index (χ3v) is 6.23. The van der Waals surface area contributed by atoms with Crippen LogP contribution in [-0.2, 0) is 11.3 Å². The van der Waals surface area contributed by atoms with E-state index in [1.54, 1.807) is 0 Å². The van der Waals surface area contributed by atoms with E-state index < -0.39 is 6.04 Å². The van der Waals surface area contributed by atoms with Gasteiger partial charge in [-0.05, 0) is 48.1 Å². The van der Waals surface area contributed by atoms with Crippen molar-refractivity contribution in [3.63, 3.8) is 0 Å². The molecule has 1 aliphatic carbocycles. The van der Waals surface area contributed by atoms with Gasteiger partial charge >= 0.3 is 0 Å². The molecule has 4 nitrogen and oxygen atoms in total. The minimum atomic E-state index is -0.448. The molecule has 3 aromatic carbocycles. The van der Waals surface area contributed by atoms with Gasteiger partial charge in [0.15, 0.2) is 0 Å². The first-order chi connectivity index (χ1) is 15.7. The molecule has 0 bridgehead atoms. The fraction of sp³-hybridized carbons (Fsp3) is 0.321. The van der Waals surface area contributed by atoms with E-state index in [2.05, 4.69) is 77.4 Å². The maximum Gasteiger partial charge on any atom is 0.237 e. The predicted molar refractivity (Wildman–Crippen MR) is 131 cm³/mol. The summed E-state index contributed by atoms with van der Waals surface area (Å²) in [6.45, 7) is 1.49. The van der Waals surface area contributed by atoms with Crippen LogP contribution in [0.25, 0.3) is 11.1 Å². The molecule has 1 fully saturated rings. The topological polar surface area (TPSA) is 67.1 Å². The lowest BCUT2D eigenvalue weighted by atomic mass is 10.0. The van der Waals surface area contributed by atoms with Gasteiger partial charge in [-0.3, -0.25) is 4.79 Å². The van der Waals surface area contributed by atoms with E-state index in [0.29, 0.717) is 24.9 Å². The van der Waals surface area contributed by atoms with Crippen LogP contribution in [0.1, 0.15) is 42.7 Å². The van der Waals surface area contributed by atoms with Gasteiger partial charge in [-0.1, -0.05) is 91.3 Å². The number of hydrogen-bond acceptors (Lipinski definition) is 3. The smallest absolute Gasteiger partial charge is 0.237 e. The summed E-state index contributed by atoms with van der Waals surface area (Å²) in [5.41, 5.74) is 11.0. The third-order valence-electron chi connectivity index (χ3n) is 6.23. The Morgan fingerprint density at radius 2 is 1.53 bits per heavy atom. The maximum atomic E-state index is 12.3.